The molecule has 0 bridgehead atoms. The summed E-state index contributed by atoms with van der Waals surface area (Å²) in [5.41, 5.74) is 18.9. The van der Waals surface area contributed by atoms with E-state index in [-0.39, 0.29) is 29.3 Å². The maximum Gasteiger partial charge on any atom is 0.250 e. The predicted octanol–water partition coefficient (Wildman–Crippen LogP) is 1.68. The van der Waals surface area contributed by atoms with Gasteiger partial charge in [0.2, 0.25) is 11.8 Å². The van der Waals surface area contributed by atoms with Crippen molar-refractivity contribution in [3.63, 3.8) is 0 Å². The first-order valence-electron chi connectivity index (χ1n) is 8.69. The smallest absolute Gasteiger partial charge is 0.250 e. The second-order valence-electron chi connectivity index (χ2n) is 6.21. The molecule has 0 radical (unpaired) electrons. The SMILES string of the molecule is CCCC(=O)N(Cc1ccc(CN)cc1)c1cc(C(N)=O)ccc1C(N)=O. The summed E-state index contributed by atoms with van der Waals surface area (Å²) in [4.78, 5) is 37.7. The van der Waals surface area contributed by atoms with E-state index in [2.05, 4.69) is 0 Å². The minimum absolute atomic E-state index is 0.156. The van der Waals surface area contributed by atoms with E-state index >= 15 is 0 Å². The van der Waals surface area contributed by atoms with E-state index in [9.17, 15) is 14.4 Å². The number of benzene rings is 2. The Hall–Kier alpha value is -3.19. The summed E-state index contributed by atoms with van der Waals surface area (Å²) in [6.45, 7) is 2.54. The molecular weight excluding hydrogens is 344 g/mol. The fraction of sp³-hybridized carbons (Fsp3) is 0.250. The van der Waals surface area contributed by atoms with Crippen molar-refractivity contribution in [1.82, 2.24) is 0 Å². The van der Waals surface area contributed by atoms with Crippen LogP contribution in [0.3, 0.4) is 0 Å². The Balaban J connectivity index is 2.52. The summed E-state index contributed by atoms with van der Waals surface area (Å²) in [6, 6.07) is 11.8. The highest BCUT2D eigenvalue weighted by Gasteiger charge is 2.22. The number of anilines is 1. The Morgan fingerprint density at radius 3 is 2.07 bits per heavy atom. The zero-order valence-corrected chi connectivity index (χ0v) is 15.3. The number of amides is 3. The average molecular weight is 368 g/mol. The van der Waals surface area contributed by atoms with Gasteiger partial charge in [-0.25, -0.2) is 0 Å². The highest BCUT2D eigenvalue weighted by Crippen LogP contribution is 2.25. The van der Waals surface area contributed by atoms with E-state index in [1.165, 1.54) is 23.1 Å². The summed E-state index contributed by atoms with van der Waals surface area (Å²) >= 11 is 0. The third-order valence-electron chi connectivity index (χ3n) is 4.20. The quantitative estimate of drug-likeness (QED) is 0.653. The summed E-state index contributed by atoms with van der Waals surface area (Å²) < 4.78 is 0. The zero-order valence-electron chi connectivity index (χ0n) is 15.3. The molecule has 2 rings (SSSR count). The van der Waals surface area contributed by atoms with Crippen LogP contribution in [0.1, 0.15) is 51.6 Å². The Labute approximate surface area is 158 Å². The summed E-state index contributed by atoms with van der Waals surface area (Å²) in [6.07, 6.45) is 0.933. The van der Waals surface area contributed by atoms with Crippen LogP contribution in [0, 0.1) is 0 Å². The zero-order chi connectivity index (χ0) is 20.0. The van der Waals surface area contributed by atoms with Crippen molar-refractivity contribution in [2.45, 2.75) is 32.9 Å². The highest BCUT2D eigenvalue weighted by atomic mass is 16.2. The fourth-order valence-corrected chi connectivity index (χ4v) is 2.74. The van der Waals surface area contributed by atoms with Gasteiger partial charge < -0.3 is 22.1 Å². The van der Waals surface area contributed by atoms with Crippen LogP contribution in [0.25, 0.3) is 0 Å². The van der Waals surface area contributed by atoms with E-state index < -0.39 is 11.8 Å². The fourth-order valence-electron chi connectivity index (χ4n) is 2.74. The first-order chi connectivity index (χ1) is 12.9. The molecule has 6 N–H and O–H groups in total. The molecule has 0 aliphatic heterocycles. The number of hydrogen-bond donors (Lipinski definition) is 3. The second kappa shape index (κ2) is 8.95. The van der Waals surface area contributed by atoms with E-state index in [4.69, 9.17) is 17.2 Å². The lowest BCUT2D eigenvalue weighted by Gasteiger charge is -2.25. The topological polar surface area (TPSA) is 133 Å². The molecule has 0 saturated heterocycles. The van der Waals surface area contributed by atoms with E-state index in [0.29, 0.717) is 19.4 Å². The van der Waals surface area contributed by atoms with Gasteiger partial charge >= 0.3 is 0 Å². The van der Waals surface area contributed by atoms with Crippen molar-refractivity contribution in [1.29, 1.82) is 0 Å². The Morgan fingerprint density at radius 1 is 0.926 bits per heavy atom. The van der Waals surface area contributed by atoms with Crippen molar-refractivity contribution in [2.75, 3.05) is 4.90 Å². The van der Waals surface area contributed by atoms with Crippen LogP contribution < -0.4 is 22.1 Å². The molecule has 3 amide bonds. The van der Waals surface area contributed by atoms with Crippen molar-refractivity contribution >= 4 is 23.4 Å². The summed E-state index contributed by atoms with van der Waals surface area (Å²) in [7, 11) is 0. The molecular formula is C20H24N4O3. The maximum absolute atomic E-state index is 12.8. The van der Waals surface area contributed by atoms with E-state index in [1.807, 2.05) is 31.2 Å². The average Bonchev–Trinajstić information content (AvgIpc) is 2.66. The van der Waals surface area contributed by atoms with Gasteiger partial charge in [0.25, 0.3) is 5.91 Å². The van der Waals surface area contributed by atoms with Gasteiger partial charge in [-0.1, -0.05) is 31.2 Å². The molecule has 0 fully saturated rings. The molecule has 0 atom stereocenters. The van der Waals surface area contributed by atoms with Crippen LogP contribution in [0.15, 0.2) is 42.5 Å². The van der Waals surface area contributed by atoms with Crippen LogP contribution in [0.4, 0.5) is 5.69 Å². The molecule has 142 valence electrons. The molecule has 0 aromatic heterocycles. The summed E-state index contributed by atoms with van der Waals surface area (Å²) in [5, 5.41) is 0. The minimum Gasteiger partial charge on any atom is -0.366 e. The molecule has 7 heteroatoms. The molecule has 0 saturated carbocycles. The molecule has 0 aliphatic rings. The maximum atomic E-state index is 12.8. The molecule has 0 unspecified atom stereocenters. The van der Waals surface area contributed by atoms with Gasteiger partial charge in [0, 0.05) is 18.5 Å². The van der Waals surface area contributed by atoms with Crippen LogP contribution >= 0.6 is 0 Å². The Kier molecular flexibility index (Phi) is 6.67. The molecule has 0 aliphatic carbocycles. The van der Waals surface area contributed by atoms with Crippen LogP contribution in [0.2, 0.25) is 0 Å². The van der Waals surface area contributed by atoms with Gasteiger partial charge in [-0.3, -0.25) is 14.4 Å². The van der Waals surface area contributed by atoms with Gasteiger partial charge in [-0.2, -0.15) is 0 Å². The van der Waals surface area contributed by atoms with Gasteiger partial charge in [0.1, 0.15) is 0 Å². The van der Waals surface area contributed by atoms with Crippen LogP contribution in [-0.2, 0) is 17.9 Å². The van der Waals surface area contributed by atoms with Gasteiger partial charge in [-0.05, 0) is 35.7 Å². The van der Waals surface area contributed by atoms with Crippen LogP contribution in [0.5, 0.6) is 0 Å². The number of carbonyl (C=O) groups excluding carboxylic acids is 3. The van der Waals surface area contributed by atoms with Gasteiger partial charge in [0.15, 0.2) is 0 Å². The lowest BCUT2D eigenvalue weighted by molar-refractivity contribution is -0.118. The first kappa shape index (κ1) is 20.1. The Morgan fingerprint density at radius 2 is 1.56 bits per heavy atom. The lowest BCUT2D eigenvalue weighted by atomic mass is 10.0. The lowest BCUT2D eigenvalue weighted by Crippen LogP contribution is -2.32. The number of hydrogen-bond acceptors (Lipinski definition) is 4. The predicted molar refractivity (Wildman–Crippen MR) is 104 cm³/mol. The second-order valence-corrected chi connectivity index (χ2v) is 6.21. The molecule has 2 aromatic rings. The summed E-state index contributed by atoms with van der Waals surface area (Å²) in [5.74, 6) is -1.51. The van der Waals surface area contributed by atoms with Crippen LogP contribution in [-0.4, -0.2) is 17.7 Å². The van der Waals surface area contributed by atoms with Crippen molar-refractivity contribution in [2.24, 2.45) is 17.2 Å². The Bertz CT molecular complexity index is 847. The largest absolute Gasteiger partial charge is 0.366 e. The molecule has 0 spiro atoms. The third-order valence-corrected chi connectivity index (χ3v) is 4.20. The number of primary amides is 2. The van der Waals surface area contributed by atoms with Gasteiger partial charge in [-0.15, -0.1) is 0 Å². The van der Waals surface area contributed by atoms with Crippen molar-refractivity contribution in [3.05, 3.63) is 64.7 Å². The number of rotatable bonds is 8. The van der Waals surface area contributed by atoms with E-state index in [1.54, 1.807) is 0 Å². The third kappa shape index (κ3) is 4.92. The minimum atomic E-state index is -0.686. The monoisotopic (exact) mass is 368 g/mol. The molecule has 0 heterocycles. The number of carbonyl (C=O) groups is 3. The van der Waals surface area contributed by atoms with Crippen molar-refractivity contribution < 1.29 is 14.4 Å². The number of nitrogens with two attached hydrogens (primary N) is 3. The molecule has 2 aromatic carbocycles. The highest BCUT2D eigenvalue weighted by molar-refractivity contribution is 6.06. The standard InChI is InChI=1S/C20H24N4O3/c1-2-3-18(25)24(12-14-6-4-13(11-21)5-7-14)17-10-15(19(22)26)8-9-16(17)20(23)27/h4-10H,2-3,11-12,21H2,1H3,(H2,22,26)(H2,23,27). The molecule has 7 nitrogen and oxygen atoms in total. The molecule has 27 heavy (non-hydrogen) atoms. The normalized spacial score (nSPS) is 10.4. The number of nitrogens with zero attached hydrogens (tertiary/aromatic N) is 1. The van der Waals surface area contributed by atoms with Crippen molar-refractivity contribution in [3.8, 4) is 0 Å². The van der Waals surface area contributed by atoms with E-state index in [0.717, 1.165) is 11.1 Å². The first-order valence-corrected chi connectivity index (χ1v) is 8.69. The van der Waals surface area contributed by atoms with Gasteiger partial charge in [0.05, 0.1) is 17.8 Å².